The fourth-order valence-electron chi connectivity index (χ4n) is 3.81. The van der Waals surface area contributed by atoms with Gasteiger partial charge in [-0.25, -0.2) is 4.79 Å². The zero-order chi connectivity index (χ0) is 26.3. The molecule has 8 heteroatoms. The Morgan fingerprint density at radius 2 is 1.64 bits per heavy atom. The van der Waals surface area contributed by atoms with Gasteiger partial charge in [0.15, 0.2) is 0 Å². The van der Waals surface area contributed by atoms with Crippen molar-refractivity contribution in [3.8, 4) is 5.75 Å². The highest BCUT2D eigenvalue weighted by Crippen LogP contribution is 2.26. The largest absolute Gasteiger partial charge is 0.508 e. The number of fused-ring (bicyclic) bond motifs is 1. The van der Waals surface area contributed by atoms with Crippen molar-refractivity contribution in [1.29, 1.82) is 0 Å². The van der Waals surface area contributed by atoms with Gasteiger partial charge in [-0.05, 0) is 67.8 Å². The Morgan fingerprint density at radius 1 is 0.972 bits per heavy atom. The SMILES string of the molecule is CCCN(C(=O)CNC(=O)OC(C)(C)C)C(C(=O)Nc1ccc2ccccc2c1)c1ccc(O)cc1. The van der Waals surface area contributed by atoms with E-state index in [-0.39, 0.29) is 18.8 Å². The Hall–Kier alpha value is -4.07. The van der Waals surface area contributed by atoms with Crippen LogP contribution in [0.1, 0.15) is 45.7 Å². The number of phenolic OH excluding ortho intramolecular Hbond substituents is 1. The topological polar surface area (TPSA) is 108 Å². The second-order valence-electron chi connectivity index (χ2n) is 9.49. The van der Waals surface area contributed by atoms with Gasteiger partial charge in [-0.2, -0.15) is 0 Å². The molecule has 0 aliphatic rings. The van der Waals surface area contributed by atoms with Gasteiger partial charge in [0.2, 0.25) is 5.91 Å². The van der Waals surface area contributed by atoms with Crippen LogP contribution in [0.5, 0.6) is 5.75 Å². The number of carbonyl (C=O) groups excluding carboxylic acids is 3. The predicted octanol–water partition coefficient (Wildman–Crippen LogP) is 4.99. The maximum absolute atomic E-state index is 13.6. The van der Waals surface area contributed by atoms with Crippen molar-refractivity contribution in [2.75, 3.05) is 18.4 Å². The molecule has 3 amide bonds. The van der Waals surface area contributed by atoms with Crippen molar-refractivity contribution in [3.05, 3.63) is 72.3 Å². The second-order valence-corrected chi connectivity index (χ2v) is 9.49. The minimum Gasteiger partial charge on any atom is -0.508 e. The molecule has 0 bridgehead atoms. The van der Waals surface area contributed by atoms with Crippen molar-refractivity contribution in [2.45, 2.75) is 45.8 Å². The summed E-state index contributed by atoms with van der Waals surface area (Å²) in [7, 11) is 0. The number of anilines is 1. The van der Waals surface area contributed by atoms with E-state index < -0.39 is 29.6 Å². The molecule has 0 aromatic heterocycles. The van der Waals surface area contributed by atoms with E-state index in [4.69, 9.17) is 4.74 Å². The Bertz CT molecular complexity index is 1220. The summed E-state index contributed by atoms with van der Waals surface area (Å²) in [6, 6.07) is 18.6. The average molecular weight is 492 g/mol. The van der Waals surface area contributed by atoms with E-state index in [1.54, 1.807) is 32.9 Å². The Morgan fingerprint density at radius 3 is 2.28 bits per heavy atom. The first-order valence-corrected chi connectivity index (χ1v) is 11.9. The maximum atomic E-state index is 13.6. The molecular weight excluding hydrogens is 458 g/mol. The number of nitrogens with zero attached hydrogens (tertiary/aromatic N) is 1. The first kappa shape index (κ1) is 26.5. The second kappa shape index (κ2) is 11.6. The molecule has 0 aliphatic heterocycles. The van der Waals surface area contributed by atoms with Gasteiger partial charge in [0.05, 0.1) is 0 Å². The van der Waals surface area contributed by atoms with Crippen LogP contribution < -0.4 is 10.6 Å². The zero-order valence-electron chi connectivity index (χ0n) is 21.1. The van der Waals surface area contributed by atoms with Crippen molar-refractivity contribution in [1.82, 2.24) is 10.2 Å². The number of benzene rings is 3. The van der Waals surface area contributed by atoms with Crippen molar-refractivity contribution >= 4 is 34.4 Å². The fourth-order valence-corrected chi connectivity index (χ4v) is 3.81. The number of hydrogen-bond donors (Lipinski definition) is 3. The quantitative estimate of drug-likeness (QED) is 0.412. The van der Waals surface area contributed by atoms with Crippen LogP contribution in [0.25, 0.3) is 10.8 Å². The molecule has 190 valence electrons. The van der Waals surface area contributed by atoms with Gasteiger partial charge in [-0.3, -0.25) is 9.59 Å². The van der Waals surface area contributed by atoms with Gasteiger partial charge in [-0.15, -0.1) is 0 Å². The maximum Gasteiger partial charge on any atom is 0.408 e. The molecule has 0 radical (unpaired) electrons. The van der Waals surface area contributed by atoms with Gasteiger partial charge >= 0.3 is 6.09 Å². The number of alkyl carbamates (subject to hydrolysis) is 1. The average Bonchev–Trinajstić information content (AvgIpc) is 2.82. The molecule has 0 spiro atoms. The summed E-state index contributed by atoms with van der Waals surface area (Å²) in [6.45, 7) is 7.05. The van der Waals surface area contributed by atoms with Crippen molar-refractivity contribution < 1.29 is 24.2 Å². The molecule has 1 atom stereocenters. The van der Waals surface area contributed by atoms with E-state index >= 15 is 0 Å². The monoisotopic (exact) mass is 491 g/mol. The first-order valence-electron chi connectivity index (χ1n) is 11.9. The Kier molecular flexibility index (Phi) is 8.53. The third-order valence-electron chi connectivity index (χ3n) is 5.35. The lowest BCUT2D eigenvalue weighted by Crippen LogP contribution is -2.46. The molecule has 1 unspecified atom stereocenters. The molecule has 0 saturated heterocycles. The van der Waals surface area contributed by atoms with Gasteiger partial charge in [0, 0.05) is 12.2 Å². The number of amides is 3. The van der Waals surface area contributed by atoms with Crippen molar-refractivity contribution in [2.24, 2.45) is 0 Å². The van der Waals surface area contributed by atoms with E-state index in [1.807, 2.05) is 49.4 Å². The third kappa shape index (κ3) is 7.21. The summed E-state index contributed by atoms with van der Waals surface area (Å²) in [5.41, 5.74) is 0.424. The third-order valence-corrected chi connectivity index (χ3v) is 5.35. The summed E-state index contributed by atoms with van der Waals surface area (Å²) < 4.78 is 5.22. The zero-order valence-corrected chi connectivity index (χ0v) is 21.1. The number of hydrogen-bond acceptors (Lipinski definition) is 5. The summed E-state index contributed by atoms with van der Waals surface area (Å²) in [4.78, 5) is 40.4. The smallest absolute Gasteiger partial charge is 0.408 e. The summed E-state index contributed by atoms with van der Waals surface area (Å²) in [5.74, 6) is -0.795. The summed E-state index contributed by atoms with van der Waals surface area (Å²) in [6.07, 6.45) is -0.121. The molecule has 0 aliphatic carbocycles. The Balaban J connectivity index is 1.87. The molecule has 36 heavy (non-hydrogen) atoms. The number of carbonyl (C=O) groups is 3. The predicted molar refractivity (Wildman–Crippen MR) is 140 cm³/mol. The summed E-state index contributed by atoms with van der Waals surface area (Å²) >= 11 is 0. The highest BCUT2D eigenvalue weighted by Gasteiger charge is 2.31. The molecule has 3 aromatic carbocycles. The highest BCUT2D eigenvalue weighted by molar-refractivity contribution is 6.00. The number of rotatable bonds is 8. The molecule has 3 aromatic rings. The molecule has 0 fully saturated rings. The standard InChI is InChI=1S/C28H33N3O5/c1-5-16-31(24(33)18-29-27(35)36-28(2,3)4)25(20-11-14-23(32)15-12-20)26(34)30-22-13-10-19-8-6-7-9-21(19)17-22/h6-15,17,25,32H,5,16,18H2,1-4H3,(H,29,35)(H,30,34). The molecule has 0 heterocycles. The van der Waals surface area contributed by atoms with Gasteiger partial charge < -0.3 is 25.4 Å². The normalized spacial score (nSPS) is 12.0. The molecule has 8 nitrogen and oxygen atoms in total. The first-order chi connectivity index (χ1) is 17.1. The number of phenols is 1. The number of aromatic hydroxyl groups is 1. The van der Waals surface area contributed by atoms with Crippen LogP contribution in [-0.2, 0) is 14.3 Å². The lowest BCUT2D eigenvalue weighted by Gasteiger charge is -2.31. The fraction of sp³-hybridized carbons (Fsp3) is 0.321. The minimum absolute atomic E-state index is 0.0485. The van der Waals surface area contributed by atoms with Gasteiger partial charge in [0.25, 0.3) is 5.91 Å². The van der Waals surface area contributed by atoms with E-state index in [0.717, 1.165) is 10.8 Å². The van der Waals surface area contributed by atoms with E-state index in [9.17, 15) is 19.5 Å². The highest BCUT2D eigenvalue weighted by atomic mass is 16.6. The lowest BCUT2D eigenvalue weighted by atomic mass is 10.0. The van der Waals surface area contributed by atoms with Crippen LogP contribution in [0.3, 0.4) is 0 Å². The van der Waals surface area contributed by atoms with Crippen LogP contribution >= 0.6 is 0 Å². The van der Waals surface area contributed by atoms with E-state index in [0.29, 0.717) is 17.7 Å². The van der Waals surface area contributed by atoms with Crippen LogP contribution in [0.2, 0.25) is 0 Å². The van der Waals surface area contributed by atoms with Crippen LogP contribution in [-0.4, -0.2) is 46.6 Å². The molecule has 3 rings (SSSR count). The number of ether oxygens (including phenoxy) is 1. The minimum atomic E-state index is -0.982. The van der Waals surface area contributed by atoms with Crippen molar-refractivity contribution in [3.63, 3.8) is 0 Å². The Labute approximate surface area is 211 Å². The molecular formula is C28H33N3O5. The number of nitrogens with one attached hydrogen (secondary N) is 2. The summed E-state index contributed by atoms with van der Waals surface area (Å²) in [5, 5.41) is 17.2. The van der Waals surface area contributed by atoms with Crippen LogP contribution in [0.4, 0.5) is 10.5 Å². The van der Waals surface area contributed by atoms with Crippen LogP contribution in [0.15, 0.2) is 66.7 Å². The molecule has 0 saturated carbocycles. The lowest BCUT2D eigenvalue weighted by molar-refractivity contribution is -0.138. The van der Waals surface area contributed by atoms with Crippen LogP contribution in [0, 0.1) is 0 Å². The van der Waals surface area contributed by atoms with E-state index in [1.165, 1.54) is 17.0 Å². The van der Waals surface area contributed by atoms with Gasteiger partial charge in [0.1, 0.15) is 23.9 Å². The van der Waals surface area contributed by atoms with E-state index in [2.05, 4.69) is 10.6 Å². The van der Waals surface area contributed by atoms with Gasteiger partial charge in [-0.1, -0.05) is 49.4 Å². The molecule has 3 N–H and O–H groups in total.